The molecule has 7 heteroatoms. The van der Waals surface area contributed by atoms with Gasteiger partial charge in [0.1, 0.15) is 0 Å². The molecule has 0 saturated heterocycles. The van der Waals surface area contributed by atoms with Crippen molar-refractivity contribution in [3.63, 3.8) is 0 Å². The molecule has 1 aromatic carbocycles. The predicted octanol–water partition coefficient (Wildman–Crippen LogP) is 4.60. The second-order valence-corrected chi connectivity index (χ2v) is 7.60. The molecule has 3 rings (SSSR count). The third kappa shape index (κ3) is 4.58. The second kappa shape index (κ2) is 8.42. The Labute approximate surface area is 163 Å². The van der Waals surface area contributed by atoms with E-state index in [1.807, 2.05) is 19.9 Å². The quantitative estimate of drug-likeness (QED) is 0.664. The van der Waals surface area contributed by atoms with Crippen LogP contribution in [0.5, 0.6) is 0 Å². The van der Waals surface area contributed by atoms with Crippen LogP contribution in [-0.4, -0.2) is 34.9 Å². The fourth-order valence-corrected chi connectivity index (χ4v) is 3.30. The lowest BCUT2D eigenvalue weighted by molar-refractivity contribution is 0.0757. The molecule has 1 aliphatic rings. The van der Waals surface area contributed by atoms with Crippen LogP contribution in [0.25, 0.3) is 5.69 Å². The molecule has 0 spiro atoms. The van der Waals surface area contributed by atoms with Crippen molar-refractivity contribution in [3.05, 3.63) is 45.7 Å². The van der Waals surface area contributed by atoms with Crippen LogP contribution in [0.3, 0.4) is 0 Å². The highest BCUT2D eigenvalue weighted by molar-refractivity contribution is 6.35. The Kier molecular flexibility index (Phi) is 6.22. The van der Waals surface area contributed by atoms with Gasteiger partial charge in [0, 0.05) is 24.1 Å². The summed E-state index contributed by atoms with van der Waals surface area (Å²) >= 11 is 12.3. The number of hydrogen-bond donors (Lipinski definition) is 1. The summed E-state index contributed by atoms with van der Waals surface area (Å²) in [6, 6.07) is 5.29. The van der Waals surface area contributed by atoms with Crippen LogP contribution in [0, 0.1) is 0 Å². The van der Waals surface area contributed by atoms with Crippen LogP contribution >= 0.6 is 23.2 Å². The number of carbonyl (C=O) groups excluding carboxylic acids is 1. The molecule has 1 aliphatic carbocycles. The number of carbonyl (C=O) groups is 1. The molecule has 26 heavy (non-hydrogen) atoms. The molecule has 0 radical (unpaired) electrons. The predicted molar refractivity (Wildman–Crippen MR) is 104 cm³/mol. The summed E-state index contributed by atoms with van der Waals surface area (Å²) in [4.78, 5) is 12.6. The first kappa shape index (κ1) is 19.2. The zero-order valence-electron chi connectivity index (χ0n) is 15.0. The smallest absolute Gasteiger partial charge is 0.254 e. The van der Waals surface area contributed by atoms with Gasteiger partial charge < -0.3 is 10.1 Å². The van der Waals surface area contributed by atoms with Gasteiger partial charge >= 0.3 is 0 Å². The molecule has 5 nitrogen and oxygen atoms in total. The highest BCUT2D eigenvalue weighted by atomic mass is 35.5. The maximum absolute atomic E-state index is 12.6. The number of amides is 1. The van der Waals surface area contributed by atoms with E-state index in [-0.39, 0.29) is 12.0 Å². The van der Waals surface area contributed by atoms with Crippen LogP contribution in [0.4, 0.5) is 0 Å². The minimum atomic E-state index is -0.104. The van der Waals surface area contributed by atoms with E-state index in [0.29, 0.717) is 34.7 Å². The Morgan fingerprint density at radius 2 is 2.15 bits per heavy atom. The Balaban J connectivity index is 1.74. The fourth-order valence-electron chi connectivity index (χ4n) is 2.82. The number of benzene rings is 1. The van der Waals surface area contributed by atoms with E-state index in [0.717, 1.165) is 30.6 Å². The summed E-state index contributed by atoms with van der Waals surface area (Å²) < 4.78 is 7.26. The Bertz CT molecular complexity index is 785. The van der Waals surface area contributed by atoms with E-state index in [4.69, 9.17) is 27.9 Å². The minimum absolute atomic E-state index is 0.104. The van der Waals surface area contributed by atoms with Gasteiger partial charge in [-0.3, -0.25) is 4.79 Å². The first-order chi connectivity index (χ1) is 12.5. The van der Waals surface area contributed by atoms with Gasteiger partial charge in [0.25, 0.3) is 5.91 Å². The standard InChI is InChI=1S/C19H23Cl2N3O2/c1-12(2)26-9-3-8-22-19(25)15-11-23-24(18(15)13-4-5-13)17-7-6-14(20)10-16(17)21/h6-7,10-13H,3-5,8-9H2,1-2H3,(H,22,25). The normalized spacial score (nSPS) is 14.0. The average Bonchev–Trinajstić information content (AvgIpc) is 3.33. The number of nitrogens with zero attached hydrogens (tertiary/aromatic N) is 2. The van der Waals surface area contributed by atoms with Gasteiger partial charge in [0.15, 0.2) is 0 Å². The van der Waals surface area contributed by atoms with Gasteiger partial charge in [0.05, 0.1) is 34.3 Å². The summed E-state index contributed by atoms with van der Waals surface area (Å²) in [5, 5.41) is 8.47. The topological polar surface area (TPSA) is 56.1 Å². The molecule has 1 N–H and O–H groups in total. The second-order valence-electron chi connectivity index (χ2n) is 6.75. The summed E-state index contributed by atoms with van der Waals surface area (Å²) in [7, 11) is 0. The average molecular weight is 396 g/mol. The van der Waals surface area contributed by atoms with E-state index < -0.39 is 0 Å². The van der Waals surface area contributed by atoms with Gasteiger partial charge in [-0.2, -0.15) is 5.10 Å². The van der Waals surface area contributed by atoms with Crippen molar-refractivity contribution in [2.45, 2.75) is 45.1 Å². The summed E-state index contributed by atoms with van der Waals surface area (Å²) in [6.45, 7) is 5.20. The van der Waals surface area contributed by atoms with Gasteiger partial charge in [-0.25, -0.2) is 4.68 Å². The van der Waals surface area contributed by atoms with Crippen molar-refractivity contribution < 1.29 is 9.53 Å². The third-order valence-electron chi connectivity index (χ3n) is 4.21. The number of rotatable bonds is 8. The Hall–Kier alpha value is -1.56. The maximum Gasteiger partial charge on any atom is 0.254 e. The summed E-state index contributed by atoms with van der Waals surface area (Å²) in [5.41, 5.74) is 2.27. The van der Waals surface area contributed by atoms with E-state index in [1.54, 1.807) is 23.0 Å². The zero-order chi connectivity index (χ0) is 18.7. The minimum Gasteiger partial charge on any atom is -0.379 e. The first-order valence-electron chi connectivity index (χ1n) is 8.90. The summed E-state index contributed by atoms with van der Waals surface area (Å²) in [6.07, 6.45) is 4.71. The van der Waals surface area contributed by atoms with E-state index in [1.165, 1.54) is 0 Å². The molecule has 140 valence electrons. The number of hydrogen-bond acceptors (Lipinski definition) is 3. The number of halogens is 2. The Morgan fingerprint density at radius 1 is 1.38 bits per heavy atom. The Morgan fingerprint density at radius 3 is 2.81 bits per heavy atom. The molecule has 2 aromatic rings. The lowest BCUT2D eigenvalue weighted by Crippen LogP contribution is -2.26. The lowest BCUT2D eigenvalue weighted by Gasteiger charge is -2.11. The van der Waals surface area contributed by atoms with Gasteiger partial charge in [-0.05, 0) is 51.3 Å². The van der Waals surface area contributed by atoms with Gasteiger partial charge in [-0.1, -0.05) is 23.2 Å². The van der Waals surface area contributed by atoms with Crippen molar-refractivity contribution in [1.29, 1.82) is 0 Å². The summed E-state index contributed by atoms with van der Waals surface area (Å²) in [5.74, 6) is 0.238. The van der Waals surface area contributed by atoms with E-state index in [2.05, 4.69) is 10.4 Å². The van der Waals surface area contributed by atoms with Crippen LogP contribution in [0.1, 0.15) is 55.1 Å². The van der Waals surface area contributed by atoms with Crippen molar-refractivity contribution in [2.75, 3.05) is 13.2 Å². The molecule has 1 saturated carbocycles. The van der Waals surface area contributed by atoms with Crippen molar-refractivity contribution in [2.24, 2.45) is 0 Å². The maximum atomic E-state index is 12.6. The van der Waals surface area contributed by atoms with Crippen LogP contribution < -0.4 is 5.32 Å². The van der Waals surface area contributed by atoms with Crippen LogP contribution in [0.15, 0.2) is 24.4 Å². The molecule has 0 bridgehead atoms. The lowest BCUT2D eigenvalue weighted by atomic mass is 10.1. The molecule has 1 heterocycles. The van der Waals surface area contributed by atoms with Gasteiger partial charge in [-0.15, -0.1) is 0 Å². The molecule has 1 aromatic heterocycles. The van der Waals surface area contributed by atoms with Crippen LogP contribution in [0.2, 0.25) is 10.0 Å². The molecule has 0 atom stereocenters. The molecule has 1 amide bonds. The molecular weight excluding hydrogens is 373 g/mol. The van der Waals surface area contributed by atoms with Crippen LogP contribution in [-0.2, 0) is 4.74 Å². The third-order valence-corrected chi connectivity index (χ3v) is 4.75. The molecule has 0 aliphatic heterocycles. The number of nitrogens with one attached hydrogen (secondary N) is 1. The first-order valence-corrected chi connectivity index (χ1v) is 9.66. The molecular formula is C19H23Cl2N3O2. The molecule has 0 unspecified atom stereocenters. The SMILES string of the molecule is CC(C)OCCCNC(=O)c1cnn(-c2ccc(Cl)cc2Cl)c1C1CC1. The monoisotopic (exact) mass is 395 g/mol. The van der Waals surface area contributed by atoms with Crippen molar-refractivity contribution in [3.8, 4) is 5.69 Å². The highest BCUT2D eigenvalue weighted by Gasteiger charge is 2.33. The molecule has 1 fully saturated rings. The largest absolute Gasteiger partial charge is 0.379 e. The van der Waals surface area contributed by atoms with Gasteiger partial charge in [0.2, 0.25) is 0 Å². The fraction of sp³-hybridized carbons (Fsp3) is 0.474. The van der Waals surface area contributed by atoms with E-state index >= 15 is 0 Å². The van der Waals surface area contributed by atoms with Crippen molar-refractivity contribution >= 4 is 29.1 Å². The number of aromatic nitrogens is 2. The highest BCUT2D eigenvalue weighted by Crippen LogP contribution is 2.43. The van der Waals surface area contributed by atoms with E-state index in [9.17, 15) is 4.79 Å². The van der Waals surface area contributed by atoms with Crippen molar-refractivity contribution in [1.82, 2.24) is 15.1 Å². The number of ether oxygens (including phenoxy) is 1. The zero-order valence-corrected chi connectivity index (χ0v) is 16.5.